The number of carbonyl (C=O) groups is 3. The molecule has 3 rings (SSSR count). The number of aliphatic carboxylic acids is 1. The highest BCUT2D eigenvalue weighted by molar-refractivity contribution is 5.86. The van der Waals surface area contributed by atoms with Gasteiger partial charge in [0.1, 0.15) is 12.6 Å². The van der Waals surface area contributed by atoms with Gasteiger partial charge in [0.25, 0.3) is 0 Å². The van der Waals surface area contributed by atoms with Crippen LogP contribution >= 0.6 is 0 Å². The zero-order valence-electron chi connectivity index (χ0n) is 19.9. The fourth-order valence-electron chi connectivity index (χ4n) is 4.03. The summed E-state index contributed by atoms with van der Waals surface area (Å²) in [6, 6.07) is 14.5. The summed E-state index contributed by atoms with van der Waals surface area (Å²) in [6.07, 6.45) is -0.187. The van der Waals surface area contributed by atoms with Gasteiger partial charge in [-0.15, -0.1) is 0 Å². The zero-order chi connectivity index (χ0) is 25.8. The van der Waals surface area contributed by atoms with Crippen molar-refractivity contribution in [2.75, 3.05) is 13.2 Å². The van der Waals surface area contributed by atoms with E-state index >= 15 is 0 Å². The van der Waals surface area contributed by atoms with Crippen LogP contribution in [-0.2, 0) is 14.3 Å². The minimum atomic E-state index is -4.12. The van der Waals surface area contributed by atoms with E-state index in [1.165, 1.54) is 0 Å². The molecular formula is C26H30F2N2O5. The molecule has 2 aromatic carbocycles. The summed E-state index contributed by atoms with van der Waals surface area (Å²) in [5.41, 5.74) is 4.00. The Kier molecular flexibility index (Phi) is 7.77. The number of amides is 2. The first-order chi connectivity index (χ1) is 16.4. The molecule has 1 aliphatic carbocycles. The first-order valence-corrected chi connectivity index (χ1v) is 11.4. The van der Waals surface area contributed by atoms with Crippen LogP contribution in [0.1, 0.15) is 50.7 Å². The van der Waals surface area contributed by atoms with Crippen LogP contribution in [0.25, 0.3) is 11.1 Å². The van der Waals surface area contributed by atoms with Crippen molar-refractivity contribution >= 4 is 18.0 Å². The third kappa shape index (κ3) is 6.55. The van der Waals surface area contributed by atoms with Crippen molar-refractivity contribution in [2.24, 2.45) is 5.41 Å². The van der Waals surface area contributed by atoms with E-state index in [0.717, 1.165) is 22.3 Å². The number of fused-ring (bicyclic) bond motifs is 3. The van der Waals surface area contributed by atoms with E-state index in [2.05, 4.69) is 5.32 Å². The molecule has 0 bridgehead atoms. The normalized spacial score (nSPS) is 14.0. The minimum absolute atomic E-state index is 0.0323. The first-order valence-electron chi connectivity index (χ1n) is 11.4. The van der Waals surface area contributed by atoms with Gasteiger partial charge in [-0.25, -0.2) is 9.59 Å². The summed E-state index contributed by atoms with van der Waals surface area (Å²) in [4.78, 5) is 35.8. The summed E-state index contributed by atoms with van der Waals surface area (Å²) in [5.74, 6) is -7.53. The topological polar surface area (TPSA) is 105 Å². The molecular weight excluding hydrogens is 458 g/mol. The van der Waals surface area contributed by atoms with Crippen LogP contribution in [0, 0.1) is 5.41 Å². The number of halogens is 2. The fourth-order valence-corrected chi connectivity index (χ4v) is 4.03. The highest BCUT2D eigenvalue weighted by Gasteiger charge is 2.40. The van der Waals surface area contributed by atoms with Gasteiger partial charge in [-0.1, -0.05) is 69.3 Å². The Labute approximate surface area is 202 Å². The van der Waals surface area contributed by atoms with Gasteiger partial charge in [0.05, 0.1) is 6.54 Å². The Morgan fingerprint density at radius 1 is 1.00 bits per heavy atom. The lowest BCUT2D eigenvalue weighted by Gasteiger charge is -2.24. The van der Waals surface area contributed by atoms with Gasteiger partial charge in [-0.3, -0.25) is 4.79 Å². The Hall–Kier alpha value is -3.49. The average Bonchev–Trinajstić information content (AvgIpc) is 3.12. The molecule has 1 atom stereocenters. The van der Waals surface area contributed by atoms with Crippen LogP contribution in [0.3, 0.4) is 0 Å². The van der Waals surface area contributed by atoms with Crippen LogP contribution in [-0.4, -0.2) is 48.2 Å². The van der Waals surface area contributed by atoms with Crippen LogP contribution in [0.15, 0.2) is 48.5 Å². The molecule has 0 saturated carbocycles. The van der Waals surface area contributed by atoms with E-state index in [-0.39, 0.29) is 24.4 Å². The highest BCUT2D eigenvalue weighted by Crippen LogP contribution is 2.44. The van der Waals surface area contributed by atoms with Crippen molar-refractivity contribution in [3.63, 3.8) is 0 Å². The number of nitrogens with one attached hydrogen (secondary N) is 2. The molecule has 1 aliphatic rings. The molecule has 3 N–H and O–H groups in total. The second-order valence-corrected chi connectivity index (χ2v) is 9.85. The minimum Gasteiger partial charge on any atom is -0.477 e. The predicted octanol–water partition coefficient (Wildman–Crippen LogP) is 4.56. The molecule has 9 heteroatoms. The number of alkyl halides is 2. The molecule has 35 heavy (non-hydrogen) atoms. The predicted molar refractivity (Wildman–Crippen MR) is 126 cm³/mol. The van der Waals surface area contributed by atoms with Crippen molar-refractivity contribution in [3.8, 4) is 11.1 Å². The van der Waals surface area contributed by atoms with Gasteiger partial charge in [0, 0.05) is 5.92 Å². The Morgan fingerprint density at radius 2 is 1.54 bits per heavy atom. The average molecular weight is 489 g/mol. The van der Waals surface area contributed by atoms with Crippen LogP contribution < -0.4 is 10.6 Å². The van der Waals surface area contributed by atoms with Crippen LogP contribution in [0.4, 0.5) is 13.6 Å². The summed E-state index contributed by atoms with van der Waals surface area (Å²) in [5, 5.41) is 13.0. The molecule has 0 saturated heterocycles. The molecule has 0 fully saturated rings. The van der Waals surface area contributed by atoms with Gasteiger partial charge in [-0.05, 0) is 40.5 Å². The van der Waals surface area contributed by atoms with E-state index in [1.807, 2.05) is 74.6 Å². The third-order valence-corrected chi connectivity index (χ3v) is 5.93. The Bertz CT molecular complexity index is 1050. The number of carbonyl (C=O) groups excluding carboxylic acids is 2. The standard InChI is InChI=1S/C26H30F2N2O5/c1-25(2,3)13-12-21(22(31)29-15-26(27,28)23(32)33)30-24(34)35-14-20-18-10-6-4-8-16(18)17-9-5-7-11-19(17)20/h4-11,20-21H,12-15H2,1-3H3,(H,29,31)(H,30,34)(H,32,33). The molecule has 7 nitrogen and oxygen atoms in total. The number of carboxylic acid groups (broad SMARTS) is 1. The van der Waals surface area contributed by atoms with Gasteiger partial charge in [0.15, 0.2) is 0 Å². The number of carboxylic acids is 1. The van der Waals surface area contributed by atoms with E-state index in [1.54, 1.807) is 0 Å². The van der Waals surface area contributed by atoms with Crippen molar-refractivity contribution in [3.05, 3.63) is 59.7 Å². The van der Waals surface area contributed by atoms with E-state index in [9.17, 15) is 23.2 Å². The molecule has 2 amide bonds. The summed E-state index contributed by atoms with van der Waals surface area (Å²) in [6.45, 7) is 4.47. The Balaban J connectivity index is 1.66. The maximum Gasteiger partial charge on any atom is 0.407 e. The number of ether oxygens (including phenoxy) is 1. The van der Waals surface area contributed by atoms with Crippen LogP contribution in [0.5, 0.6) is 0 Å². The molecule has 2 aromatic rings. The third-order valence-electron chi connectivity index (χ3n) is 5.93. The van der Waals surface area contributed by atoms with E-state index in [0.29, 0.717) is 6.42 Å². The zero-order valence-corrected chi connectivity index (χ0v) is 19.9. The quantitative estimate of drug-likeness (QED) is 0.480. The van der Waals surface area contributed by atoms with Gasteiger partial charge in [0.2, 0.25) is 5.91 Å². The maximum absolute atomic E-state index is 13.4. The lowest BCUT2D eigenvalue weighted by molar-refractivity contribution is -0.164. The molecule has 0 radical (unpaired) electrons. The molecule has 1 unspecified atom stereocenters. The second kappa shape index (κ2) is 10.4. The van der Waals surface area contributed by atoms with Crippen LogP contribution in [0.2, 0.25) is 0 Å². The van der Waals surface area contributed by atoms with Crippen molar-refractivity contribution in [1.29, 1.82) is 0 Å². The number of hydrogen-bond acceptors (Lipinski definition) is 4. The van der Waals surface area contributed by atoms with Crippen molar-refractivity contribution in [2.45, 2.75) is 51.5 Å². The van der Waals surface area contributed by atoms with Gasteiger partial charge >= 0.3 is 18.0 Å². The molecule has 0 heterocycles. The Morgan fingerprint density at radius 3 is 2.06 bits per heavy atom. The van der Waals surface area contributed by atoms with Crippen molar-refractivity contribution < 1.29 is 33.0 Å². The molecule has 0 spiro atoms. The smallest absolute Gasteiger partial charge is 0.407 e. The van der Waals surface area contributed by atoms with E-state index in [4.69, 9.17) is 9.84 Å². The summed E-state index contributed by atoms with van der Waals surface area (Å²) in [7, 11) is 0. The lowest BCUT2D eigenvalue weighted by atomic mass is 9.88. The largest absolute Gasteiger partial charge is 0.477 e. The SMILES string of the molecule is CC(C)(C)CCC(NC(=O)OCC1c2ccccc2-c2ccccc21)C(=O)NCC(F)(F)C(=O)O. The molecule has 188 valence electrons. The monoisotopic (exact) mass is 488 g/mol. The molecule has 0 aliphatic heterocycles. The fraction of sp³-hybridized carbons (Fsp3) is 0.423. The summed E-state index contributed by atoms with van der Waals surface area (Å²) < 4.78 is 32.3. The number of alkyl carbamates (subject to hydrolysis) is 1. The second-order valence-electron chi connectivity index (χ2n) is 9.85. The number of rotatable bonds is 9. The molecule has 0 aromatic heterocycles. The summed E-state index contributed by atoms with van der Waals surface area (Å²) >= 11 is 0. The number of hydrogen-bond donors (Lipinski definition) is 3. The lowest BCUT2D eigenvalue weighted by Crippen LogP contribution is -2.51. The van der Waals surface area contributed by atoms with Gasteiger partial charge < -0.3 is 20.5 Å². The number of benzene rings is 2. The van der Waals surface area contributed by atoms with Gasteiger partial charge in [-0.2, -0.15) is 8.78 Å². The maximum atomic E-state index is 13.4. The van der Waals surface area contributed by atoms with E-state index < -0.39 is 36.5 Å². The first kappa shape index (κ1) is 26.1. The van der Waals surface area contributed by atoms with Crippen molar-refractivity contribution in [1.82, 2.24) is 10.6 Å². The highest BCUT2D eigenvalue weighted by atomic mass is 19.3.